The van der Waals surface area contributed by atoms with Gasteiger partial charge in [0.25, 0.3) is 0 Å². The summed E-state index contributed by atoms with van der Waals surface area (Å²) in [5, 5.41) is 10.2. The van der Waals surface area contributed by atoms with E-state index in [9.17, 15) is 5.11 Å². The molecule has 88 valence electrons. The third kappa shape index (κ3) is 2.85. The first kappa shape index (κ1) is 11.7. The van der Waals surface area contributed by atoms with E-state index in [1.165, 1.54) is 24.0 Å². The SMILES string of the molecule is CC(C)CCC(O)c1ccccc1C1CC1. The molecule has 1 aliphatic carbocycles. The van der Waals surface area contributed by atoms with Gasteiger partial charge in [-0.1, -0.05) is 38.1 Å². The lowest BCUT2D eigenvalue weighted by Gasteiger charge is -2.16. The molecule has 1 heteroatoms. The number of rotatable bonds is 5. The Hall–Kier alpha value is -0.820. The van der Waals surface area contributed by atoms with Gasteiger partial charge in [-0.25, -0.2) is 0 Å². The first-order valence-corrected chi connectivity index (χ1v) is 6.45. The third-order valence-electron chi connectivity index (χ3n) is 3.39. The fourth-order valence-corrected chi connectivity index (χ4v) is 2.23. The molecule has 1 N–H and O–H groups in total. The first-order valence-electron chi connectivity index (χ1n) is 6.45. The molecule has 1 atom stereocenters. The maximum Gasteiger partial charge on any atom is 0.0792 e. The van der Waals surface area contributed by atoms with Crippen LogP contribution in [-0.4, -0.2) is 5.11 Å². The lowest BCUT2D eigenvalue weighted by molar-refractivity contribution is 0.158. The summed E-state index contributed by atoms with van der Waals surface area (Å²) in [7, 11) is 0. The summed E-state index contributed by atoms with van der Waals surface area (Å²) in [4.78, 5) is 0. The highest BCUT2D eigenvalue weighted by Crippen LogP contribution is 2.43. The summed E-state index contributed by atoms with van der Waals surface area (Å²) >= 11 is 0. The molecule has 2 rings (SSSR count). The minimum absolute atomic E-state index is 0.265. The van der Waals surface area contributed by atoms with Crippen molar-refractivity contribution < 1.29 is 5.11 Å². The molecule has 0 amide bonds. The van der Waals surface area contributed by atoms with Crippen LogP contribution < -0.4 is 0 Å². The predicted octanol–water partition coefficient (Wildman–Crippen LogP) is 4.03. The minimum atomic E-state index is -0.265. The van der Waals surface area contributed by atoms with Crippen molar-refractivity contribution in [2.24, 2.45) is 5.92 Å². The molecule has 16 heavy (non-hydrogen) atoms. The van der Waals surface area contributed by atoms with Crippen LogP contribution in [0.3, 0.4) is 0 Å². The second-order valence-electron chi connectivity index (χ2n) is 5.39. The summed E-state index contributed by atoms with van der Waals surface area (Å²) in [5.41, 5.74) is 2.56. The van der Waals surface area contributed by atoms with E-state index in [2.05, 4.69) is 32.0 Å². The van der Waals surface area contributed by atoms with Crippen molar-refractivity contribution in [1.82, 2.24) is 0 Å². The molecule has 0 radical (unpaired) electrons. The Balaban J connectivity index is 2.06. The molecule has 0 aromatic heterocycles. The summed E-state index contributed by atoms with van der Waals surface area (Å²) in [6.07, 6.45) is 4.32. The molecule has 1 aliphatic rings. The molecular formula is C15H22O. The van der Waals surface area contributed by atoms with E-state index in [1.807, 2.05) is 6.07 Å². The van der Waals surface area contributed by atoms with E-state index in [0.29, 0.717) is 5.92 Å². The zero-order valence-corrected chi connectivity index (χ0v) is 10.3. The molecule has 1 fully saturated rings. The number of aliphatic hydroxyl groups excluding tert-OH is 1. The van der Waals surface area contributed by atoms with Gasteiger partial charge in [-0.3, -0.25) is 0 Å². The Morgan fingerprint density at radius 1 is 1.19 bits per heavy atom. The van der Waals surface area contributed by atoms with Gasteiger partial charge in [0.05, 0.1) is 6.10 Å². The highest BCUT2D eigenvalue weighted by molar-refractivity contribution is 5.34. The quantitative estimate of drug-likeness (QED) is 0.791. The third-order valence-corrected chi connectivity index (χ3v) is 3.39. The highest BCUT2D eigenvalue weighted by atomic mass is 16.3. The molecule has 0 spiro atoms. The molecule has 1 aromatic carbocycles. The lowest BCUT2D eigenvalue weighted by Crippen LogP contribution is -2.03. The Kier molecular flexibility index (Phi) is 3.65. The van der Waals surface area contributed by atoms with Crippen LogP contribution in [0.2, 0.25) is 0 Å². The molecule has 1 unspecified atom stereocenters. The van der Waals surface area contributed by atoms with Crippen molar-refractivity contribution in [3.63, 3.8) is 0 Å². The Morgan fingerprint density at radius 3 is 2.50 bits per heavy atom. The molecular weight excluding hydrogens is 196 g/mol. The van der Waals surface area contributed by atoms with Crippen LogP contribution in [-0.2, 0) is 0 Å². The van der Waals surface area contributed by atoms with Gasteiger partial charge in [0.1, 0.15) is 0 Å². The topological polar surface area (TPSA) is 20.2 Å². The van der Waals surface area contributed by atoms with Crippen LogP contribution in [0.5, 0.6) is 0 Å². The maximum atomic E-state index is 10.2. The molecule has 0 aliphatic heterocycles. The van der Waals surface area contributed by atoms with Crippen LogP contribution in [0, 0.1) is 5.92 Å². The minimum Gasteiger partial charge on any atom is -0.388 e. The Labute approximate surface area is 98.5 Å². The van der Waals surface area contributed by atoms with Gasteiger partial charge in [0, 0.05) is 0 Å². The average Bonchev–Trinajstić information content (AvgIpc) is 3.09. The Bertz CT molecular complexity index is 339. The summed E-state index contributed by atoms with van der Waals surface area (Å²) in [5.74, 6) is 1.40. The Morgan fingerprint density at radius 2 is 1.88 bits per heavy atom. The standard InChI is InChI=1S/C15H22O/c1-11(2)7-10-15(16)14-6-4-3-5-13(14)12-8-9-12/h3-6,11-12,15-16H,7-10H2,1-2H3. The lowest BCUT2D eigenvalue weighted by atomic mass is 9.94. The van der Waals surface area contributed by atoms with Crippen molar-refractivity contribution in [2.45, 2.75) is 51.6 Å². The summed E-state index contributed by atoms with van der Waals surface area (Å²) < 4.78 is 0. The van der Waals surface area contributed by atoms with Gasteiger partial charge < -0.3 is 5.11 Å². The molecule has 0 saturated heterocycles. The number of aliphatic hydroxyl groups is 1. The van der Waals surface area contributed by atoms with Crippen LogP contribution in [0.25, 0.3) is 0 Å². The fourth-order valence-electron chi connectivity index (χ4n) is 2.23. The van der Waals surface area contributed by atoms with Crippen molar-refractivity contribution >= 4 is 0 Å². The number of hydrogen-bond acceptors (Lipinski definition) is 1. The van der Waals surface area contributed by atoms with E-state index >= 15 is 0 Å². The highest BCUT2D eigenvalue weighted by Gasteiger charge is 2.27. The summed E-state index contributed by atoms with van der Waals surface area (Å²) in [6, 6.07) is 8.41. The molecule has 1 nitrogen and oxygen atoms in total. The maximum absolute atomic E-state index is 10.2. The van der Waals surface area contributed by atoms with E-state index < -0.39 is 0 Å². The average molecular weight is 218 g/mol. The van der Waals surface area contributed by atoms with Gasteiger partial charge in [-0.05, 0) is 48.6 Å². The van der Waals surface area contributed by atoms with Crippen molar-refractivity contribution in [2.75, 3.05) is 0 Å². The van der Waals surface area contributed by atoms with E-state index in [4.69, 9.17) is 0 Å². The largest absolute Gasteiger partial charge is 0.388 e. The molecule has 0 heterocycles. The molecule has 1 saturated carbocycles. The second kappa shape index (κ2) is 5.01. The van der Waals surface area contributed by atoms with Gasteiger partial charge in [-0.2, -0.15) is 0 Å². The van der Waals surface area contributed by atoms with Gasteiger partial charge in [0.15, 0.2) is 0 Å². The van der Waals surface area contributed by atoms with Crippen LogP contribution in [0.15, 0.2) is 24.3 Å². The van der Waals surface area contributed by atoms with Gasteiger partial charge >= 0.3 is 0 Å². The van der Waals surface area contributed by atoms with Gasteiger partial charge in [0.2, 0.25) is 0 Å². The smallest absolute Gasteiger partial charge is 0.0792 e. The predicted molar refractivity (Wildman–Crippen MR) is 67.4 cm³/mol. The zero-order chi connectivity index (χ0) is 11.5. The first-order chi connectivity index (χ1) is 7.68. The zero-order valence-electron chi connectivity index (χ0n) is 10.3. The van der Waals surface area contributed by atoms with E-state index in [-0.39, 0.29) is 6.10 Å². The second-order valence-corrected chi connectivity index (χ2v) is 5.39. The number of hydrogen-bond donors (Lipinski definition) is 1. The van der Waals surface area contributed by atoms with Crippen LogP contribution >= 0.6 is 0 Å². The van der Waals surface area contributed by atoms with Crippen LogP contribution in [0.4, 0.5) is 0 Å². The number of benzene rings is 1. The molecule has 1 aromatic rings. The summed E-state index contributed by atoms with van der Waals surface area (Å²) in [6.45, 7) is 4.42. The normalized spacial score (nSPS) is 17.8. The van der Waals surface area contributed by atoms with Crippen molar-refractivity contribution in [3.8, 4) is 0 Å². The fraction of sp³-hybridized carbons (Fsp3) is 0.600. The van der Waals surface area contributed by atoms with E-state index in [0.717, 1.165) is 18.8 Å². The van der Waals surface area contributed by atoms with Gasteiger partial charge in [-0.15, -0.1) is 0 Å². The van der Waals surface area contributed by atoms with Crippen molar-refractivity contribution in [3.05, 3.63) is 35.4 Å². The molecule has 0 bridgehead atoms. The van der Waals surface area contributed by atoms with Crippen molar-refractivity contribution in [1.29, 1.82) is 0 Å². The van der Waals surface area contributed by atoms with Crippen LogP contribution in [0.1, 0.15) is 62.7 Å². The monoisotopic (exact) mass is 218 g/mol. The van der Waals surface area contributed by atoms with E-state index in [1.54, 1.807) is 0 Å².